The van der Waals surface area contributed by atoms with Gasteiger partial charge in [-0.15, -0.1) is 0 Å². The van der Waals surface area contributed by atoms with Crippen LogP contribution in [0.2, 0.25) is 0 Å². The number of carboxylic acids is 1. The molecule has 6 nitrogen and oxygen atoms in total. The predicted molar refractivity (Wildman–Crippen MR) is 85.4 cm³/mol. The molecule has 4 N–H and O–H groups in total. The van der Waals surface area contributed by atoms with Crippen molar-refractivity contribution in [3.05, 3.63) is 42.5 Å². The highest BCUT2D eigenvalue weighted by molar-refractivity contribution is 7.85. The Morgan fingerprint density at radius 3 is 2.39 bits per heavy atom. The largest absolute Gasteiger partial charge is 0.481 e. The lowest BCUT2D eigenvalue weighted by Crippen LogP contribution is -2.51. The Kier molecular flexibility index (Phi) is 5.23. The first-order chi connectivity index (χ1) is 10.8. The van der Waals surface area contributed by atoms with Gasteiger partial charge in [0.2, 0.25) is 0 Å². The van der Waals surface area contributed by atoms with Crippen molar-refractivity contribution in [3.63, 3.8) is 0 Å². The average Bonchev–Trinajstić information content (AvgIpc) is 2.88. The van der Waals surface area contributed by atoms with Gasteiger partial charge in [0, 0.05) is 0 Å². The number of carbonyl (C=O) groups is 1. The molecule has 23 heavy (non-hydrogen) atoms. The number of benzene rings is 1. The van der Waals surface area contributed by atoms with E-state index in [1.807, 2.05) is 0 Å². The lowest BCUT2D eigenvalue weighted by atomic mass is 9.53. The standard InChI is InChI=1S/C10H15NO2.C6H6O3S/c11-6-10(5-9(12)13)4-7-2-1-3-8(7)10;7-10(8,9)6-4-2-1-3-5-6/h1,3,7-8H,2,4-6,11H2,(H,12,13);1-5H,(H,7,8,9)/t7-,8-,10-;/m1./s1. The number of aliphatic carboxylic acids is 1. The van der Waals surface area contributed by atoms with Crippen molar-refractivity contribution in [3.8, 4) is 0 Å². The van der Waals surface area contributed by atoms with Crippen molar-refractivity contribution in [1.29, 1.82) is 0 Å². The number of hydrogen-bond acceptors (Lipinski definition) is 4. The Balaban J connectivity index is 0.000000174. The third kappa shape index (κ3) is 3.99. The van der Waals surface area contributed by atoms with Gasteiger partial charge in [-0.1, -0.05) is 30.4 Å². The average molecular weight is 339 g/mol. The van der Waals surface area contributed by atoms with E-state index in [1.54, 1.807) is 18.2 Å². The summed E-state index contributed by atoms with van der Waals surface area (Å²) in [6.45, 7) is 0.505. The van der Waals surface area contributed by atoms with Crippen LogP contribution in [-0.2, 0) is 14.9 Å². The minimum Gasteiger partial charge on any atom is -0.481 e. The number of hydrogen-bond donors (Lipinski definition) is 3. The highest BCUT2D eigenvalue weighted by Gasteiger charge is 2.53. The van der Waals surface area contributed by atoms with E-state index in [9.17, 15) is 13.2 Å². The summed E-state index contributed by atoms with van der Waals surface area (Å²) in [6, 6.07) is 7.42. The van der Waals surface area contributed by atoms with E-state index in [1.165, 1.54) is 12.1 Å². The van der Waals surface area contributed by atoms with Crippen LogP contribution in [0.5, 0.6) is 0 Å². The second-order valence-electron chi connectivity index (χ2n) is 6.08. The maximum Gasteiger partial charge on any atom is 0.303 e. The Bertz CT molecular complexity index is 686. The molecular formula is C16H21NO5S. The van der Waals surface area contributed by atoms with Crippen molar-refractivity contribution in [1.82, 2.24) is 0 Å². The zero-order valence-electron chi connectivity index (χ0n) is 12.6. The van der Waals surface area contributed by atoms with Gasteiger partial charge in [-0.3, -0.25) is 9.35 Å². The predicted octanol–water partition coefficient (Wildman–Crippen LogP) is 1.94. The molecule has 0 aliphatic heterocycles. The Morgan fingerprint density at radius 1 is 1.30 bits per heavy atom. The smallest absolute Gasteiger partial charge is 0.303 e. The zero-order valence-corrected chi connectivity index (χ0v) is 13.4. The van der Waals surface area contributed by atoms with E-state index in [4.69, 9.17) is 15.4 Å². The Hall–Kier alpha value is -1.70. The van der Waals surface area contributed by atoms with Gasteiger partial charge in [-0.05, 0) is 48.8 Å². The molecule has 126 valence electrons. The normalized spacial score (nSPS) is 28.3. The van der Waals surface area contributed by atoms with Gasteiger partial charge in [-0.25, -0.2) is 0 Å². The van der Waals surface area contributed by atoms with E-state index < -0.39 is 16.1 Å². The van der Waals surface area contributed by atoms with E-state index in [2.05, 4.69) is 12.2 Å². The number of rotatable bonds is 4. The van der Waals surface area contributed by atoms with E-state index >= 15 is 0 Å². The van der Waals surface area contributed by atoms with Crippen molar-refractivity contribution in [2.75, 3.05) is 6.54 Å². The Morgan fingerprint density at radius 2 is 1.96 bits per heavy atom. The van der Waals surface area contributed by atoms with Gasteiger partial charge in [0.05, 0.1) is 11.3 Å². The van der Waals surface area contributed by atoms with E-state index in [0.717, 1.165) is 12.8 Å². The molecule has 1 aromatic carbocycles. The molecule has 3 atom stereocenters. The molecule has 3 rings (SSSR count). The summed E-state index contributed by atoms with van der Waals surface area (Å²) >= 11 is 0. The highest BCUT2D eigenvalue weighted by atomic mass is 32.2. The molecule has 0 spiro atoms. The minimum absolute atomic E-state index is 0.0741. The van der Waals surface area contributed by atoms with Gasteiger partial charge >= 0.3 is 5.97 Å². The number of fused-ring (bicyclic) bond motifs is 1. The molecule has 0 bridgehead atoms. The summed E-state index contributed by atoms with van der Waals surface area (Å²) in [5.74, 6) is 0.403. The monoisotopic (exact) mass is 339 g/mol. The van der Waals surface area contributed by atoms with Crippen LogP contribution in [0.15, 0.2) is 47.4 Å². The van der Waals surface area contributed by atoms with Crippen LogP contribution >= 0.6 is 0 Å². The van der Waals surface area contributed by atoms with Crippen LogP contribution in [0.4, 0.5) is 0 Å². The van der Waals surface area contributed by atoms with Crippen molar-refractivity contribution in [2.45, 2.75) is 24.2 Å². The Labute approximate surface area is 135 Å². The third-order valence-corrected chi connectivity index (χ3v) is 5.48. The summed E-state index contributed by atoms with van der Waals surface area (Å²) in [4.78, 5) is 10.6. The van der Waals surface area contributed by atoms with Crippen molar-refractivity contribution in [2.24, 2.45) is 23.0 Å². The lowest BCUT2D eigenvalue weighted by molar-refractivity contribution is -0.144. The maximum atomic E-state index is 10.7. The van der Waals surface area contributed by atoms with Crippen LogP contribution < -0.4 is 5.73 Å². The molecular weight excluding hydrogens is 318 g/mol. The van der Waals surface area contributed by atoms with E-state index in [0.29, 0.717) is 18.4 Å². The van der Waals surface area contributed by atoms with Gasteiger partial charge in [-0.2, -0.15) is 8.42 Å². The second kappa shape index (κ2) is 6.82. The molecule has 2 aliphatic rings. The fourth-order valence-corrected chi connectivity index (χ4v) is 3.99. The molecule has 1 saturated carbocycles. The maximum absolute atomic E-state index is 10.7. The molecule has 7 heteroatoms. The van der Waals surface area contributed by atoms with Crippen LogP contribution in [0.3, 0.4) is 0 Å². The van der Waals surface area contributed by atoms with Crippen LogP contribution in [0.1, 0.15) is 19.3 Å². The van der Waals surface area contributed by atoms with Gasteiger partial charge < -0.3 is 10.8 Å². The number of carboxylic acid groups (broad SMARTS) is 1. The van der Waals surface area contributed by atoms with Crippen molar-refractivity contribution >= 4 is 16.1 Å². The van der Waals surface area contributed by atoms with Gasteiger partial charge in [0.25, 0.3) is 10.1 Å². The van der Waals surface area contributed by atoms with E-state index in [-0.39, 0.29) is 16.7 Å². The molecule has 1 fully saturated rings. The summed E-state index contributed by atoms with van der Waals surface area (Å²) in [5, 5.41) is 8.79. The van der Waals surface area contributed by atoms with Crippen LogP contribution in [-0.4, -0.2) is 30.6 Å². The first-order valence-corrected chi connectivity index (χ1v) is 8.83. The first kappa shape index (κ1) is 17.7. The lowest BCUT2D eigenvalue weighted by Gasteiger charge is -2.51. The fraction of sp³-hybridized carbons (Fsp3) is 0.438. The first-order valence-electron chi connectivity index (χ1n) is 7.39. The third-order valence-electron chi connectivity index (χ3n) is 4.62. The minimum atomic E-state index is -4.00. The SMILES string of the molecule is NC[C@]1(CC(=O)O)C[C@H]2CC=C[C@H]21.O=S(=O)(O)c1ccccc1. The van der Waals surface area contributed by atoms with Gasteiger partial charge in [0.15, 0.2) is 0 Å². The highest BCUT2D eigenvalue weighted by Crippen LogP contribution is 2.57. The van der Waals surface area contributed by atoms with Crippen LogP contribution in [0.25, 0.3) is 0 Å². The number of allylic oxidation sites excluding steroid dienone is 2. The molecule has 0 aromatic heterocycles. The molecule has 0 amide bonds. The number of nitrogens with two attached hydrogens (primary N) is 1. The summed E-state index contributed by atoms with van der Waals surface area (Å²) in [6.07, 6.45) is 6.66. The molecule has 0 heterocycles. The topological polar surface area (TPSA) is 118 Å². The molecule has 1 aromatic rings. The molecule has 0 saturated heterocycles. The zero-order chi connectivity index (χ0) is 17.1. The summed E-state index contributed by atoms with van der Waals surface area (Å²) in [5.41, 5.74) is 5.55. The second-order valence-corrected chi connectivity index (χ2v) is 7.50. The van der Waals surface area contributed by atoms with Crippen LogP contribution in [0, 0.1) is 17.3 Å². The molecule has 0 unspecified atom stereocenters. The van der Waals surface area contributed by atoms with Crippen molar-refractivity contribution < 1.29 is 22.9 Å². The fourth-order valence-electron chi connectivity index (χ4n) is 3.49. The quantitative estimate of drug-likeness (QED) is 0.570. The molecule has 2 aliphatic carbocycles. The molecule has 0 radical (unpaired) electrons. The summed E-state index contributed by atoms with van der Waals surface area (Å²) in [7, 11) is -4.00. The van der Waals surface area contributed by atoms with Gasteiger partial charge in [0.1, 0.15) is 0 Å². The summed E-state index contributed by atoms with van der Waals surface area (Å²) < 4.78 is 29.2.